The predicted molar refractivity (Wildman–Crippen MR) is 79.0 cm³/mol. The first-order valence-corrected chi connectivity index (χ1v) is 8.75. The van der Waals surface area contributed by atoms with E-state index in [2.05, 4.69) is 15.1 Å². The van der Waals surface area contributed by atoms with E-state index in [1.54, 1.807) is 20.8 Å². The summed E-state index contributed by atoms with van der Waals surface area (Å²) < 4.78 is 41.2. The summed E-state index contributed by atoms with van der Waals surface area (Å²) in [5, 5.41) is 0.469. The summed E-state index contributed by atoms with van der Waals surface area (Å²) >= 11 is 0. The van der Waals surface area contributed by atoms with Crippen LogP contribution >= 0.6 is 0 Å². The van der Waals surface area contributed by atoms with Gasteiger partial charge in [0.25, 0.3) is 5.91 Å². The Morgan fingerprint density at radius 1 is 1.23 bits per heavy atom. The molecule has 2 fully saturated rings. The maximum absolute atomic E-state index is 12.2. The molecule has 12 nitrogen and oxygen atoms in total. The van der Waals surface area contributed by atoms with E-state index in [0.29, 0.717) is 5.06 Å². The third kappa shape index (κ3) is 5.96. The molecule has 2 rings (SSSR count). The standard InChI is InChI=1S/C12H20N4O8S.Na/c1-12(2,3)23-10(18)14-13-9(17)8-5-4-7-6-15(8)11(19)16(7)24-25(20,21)22;/h7-8H,4-6H2,1-3H3,(H,13,17)(H,14,18)(H,20,21,22);/q;+1/p-1/t7-,8+;/m1./s1. The van der Waals surface area contributed by atoms with E-state index in [0.717, 1.165) is 4.90 Å². The average molecular weight is 402 g/mol. The first kappa shape index (κ1) is 22.9. The van der Waals surface area contributed by atoms with Crippen LogP contribution in [0.4, 0.5) is 9.59 Å². The van der Waals surface area contributed by atoms with Gasteiger partial charge in [-0.15, -0.1) is 0 Å². The Morgan fingerprint density at radius 2 is 1.85 bits per heavy atom. The summed E-state index contributed by atoms with van der Waals surface area (Å²) in [4.78, 5) is 36.9. The van der Waals surface area contributed by atoms with Crippen molar-refractivity contribution in [3.8, 4) is 0 Å². The molecule has 26 heavy (non-hydrogen) atoms. The van der Waals surface area contributed by atoms with Gasteiger partial charge < -0.3 is 14.2 Å². The average Bonchev–Trinajstić information content (AvgIpc) is 2.67. The molecule has 2 N–H and O–H groups in total. The number of nitrogens with zero attached hydrogens (tertiary/aromatic N) is 2. The molecule has 142 valence electrons. The van der Waals surface area contributed by atoms with Gasteiger partial charge >= 0.3 is 41.7 Å². The quantitative estimate of drug-likeness (QED) is 0.211. The van der Waals surface area contributed by atoms with Crippen LogP contribution in [-0.4, -0.2) is 65.2 Å². The first-order valence-electron chi connectivity index (χ1n) is 7.41. The van der Waals surface area contributed by atoms with Crippen LogP contribution in [0.3, 0.4) is 0 Å². The SMILES string of the molecule is CC(C)(C)OC(=O)NNC(=O)[C@@H]1CC[C@@H]2CN1C(=O)N2OS(=O)(=O)[O-].[Na+]. The largest absolute Gasteiger partial charge is 1.00 e. The maximum Gasteiger partial charge on any atom is 1.00 e. The van der Waals surface area contributed by atoms with E-state index in [-0.39, 0.29) is 48.9 Å². The van der Waals surface area contributed by atoms with Gasteiger partial charge in [-0.1, -0.05) is 0 Å². The Morgan fingerprint density at radius 3 is 2.38 bits per heavy atom. The van der Waals surface area contributed by atoms with E-state index in [1.807, 2.05) is 0 Å². The third-order valence-corrected chi connectivity index (χ3v) is 3.83. The van der Waals surface area contributed by atoms with Gasteiger partial charge in [-0.05, 0) is 33.6 Å². The molecule has 0 aliphatic carbocycles. The third-order valence-electron chi connectivity index (χ3n) is 3.48. The Bertz CT molecular complexity index is 679. The smallest absolute Gasteiger partial charge is 0.724 e. The van der Waals surface area contributed by atoms with Crippen molar-refractivity contribution >= 4 is 28.4 Å². The van der Waals surface area contributed by atoms with Crippen LogP contribution in [0, 0.1) is 0 Å². The van der Waals surface area contributed by atoms with Crippen molar-refractivity contribution < 1.29 is 65.9 Å². The second-order valence-corrected chi connectivity index (χ2v) is 7.57. The van der Waals surface area contributed by atoms with E-state index in [9.17, 15) is 27.4 Å². The van der Waals surface area contributed by atoms with Crippen LogP contribution in [0.15, 0.2) is 0 Å². The van der Waals surface area contributed by atoms with Crippen molar-refractivity contribution in [3.05, 3.63) is 0 Å². The minimum atomic E-state index is -5.10. The molecule has 0 unspecified atom stereocenters. The van der Waals surface area contributed by atoms with Gasteiger partial charge in [0.15, 0.2) is 0 Å². The minimum absolute atomic E-state index is 0. The maximum atomic E-state index is 12.2. The summed E-state index contributed by atoms with van der Waals surface area (Å²) in [5.74, 6) is -0.676. The molecule has 2 bridgehead atoms. The zero-order valence-corrected chi connectivity index (χ0v) is 17.7. The number of nitrogens with one attached hydrogen (secondary N) is 2. The molecule has 0 aromatic carbocycles. The number of hydrazine groups is 1. The fraction of sp³-hybridized carbons (Fsp3) is 0.750. The summed E-state index contributed by atoms with van der Waals surface area (Å²) in [6.45, 7) is 4.98. The number of carbonyl (C=O) groups is 3. The zero-order valence-electron chi connectivity index (χ0n) is 14.8. The fourth-order valence-electron chi connectivity index (χ4n) is 2.60. The monoisotopic (exact) mass is 402 g/mol. The van der Waals surface area contributed by atoms with Crippen LogP contribution in [0.1, 0.15) is 33.6 Å². The second-order valence-electron chi connectivity index (χ2n) is 6.61. The zero-order chi connectivity index (χ0) is 19.0. The van der Waals surface area contributed by atoms with Crippen LogP contribution < -0.4 is 40.4 Å². The molecular weight excluding hydrogens is 383 g/mol. The van der Waals surface area contributed by atoms with Gasteiger partial charge in [0.05, 0.1) is 6.04 Å². The molecular formula is C12H19N4NaO8S. The number of hydrogen-bond acceptors (Lipinski definition) is 8. The topological polar surface area (TPSA) is 157 Å². The second kappa shape index (κ2) is 8.27. The number of rotatable bonds is 3. The summed E-state index contributed by atoms with van der Waals surface area (Å²) in [6, 6.07) is -2.49. The van der Waals surface area contributed by atoms with Crippen molar-refractivity contribution in [1.29, 1.82) is 0 Å². The van der Waals surface area contributed by atoms with Crippen molar-refractivity contribution in [3.63, 3.8) is 0 Å². The Hall–Kier alpha value is -1.12. The van der Waals surface area contributed by atoms with Crippen molar-refractivity contribution in [1.82, 2.24) is 20.8 Å². The van der Waals surface area contributed by atoms with Crippen molar-refractivity contribution in [2.75, 3.05) is 6.54 Å². The van der Waals surface area contributed by atoms with Crippen LogP contribution in [-0.2, 0) is 24.2 Å². The molecule has 2 saturated heterocycles. The summed E-state index contributed by atoms with van der Waals surface area (Å²) in [7, 11) is -5.10. The number of ether oxygens (including phenoxy) is 1. The molecule has 0 aromatic heterocycles. The van der Waals surface area contributed by atoms with Crippen molar-refractivity contribution in [2.45, 2.75) is 51.3 Å². The van der Waals surface area contributed by atoms with E-state index in [4.69, 9.17) is 4.74 Å². The molecule has 0 radical (unpaired) electrons. The molecule has 0 saturated carbocycles. The molecule has 14 heteroatoms. The number of hydrogen-bond donors (Lipinski definition) is 2. The molecule has 4 amide bonds. The molecule has 2 aliphatic rings. The minimum Gasteiger partial charge on any atom is -0.724 e. The Kier molecular flexibility index (Phi) is 7.29. The van der Waals surface area contributed by atoms with Gasteiger partial charge in [0, 0.05) is 6.54 Å². The van der Waals surface area contributed by atoms with Gasteiger partial charge in [0.1, 0.15) is 11.6 Å². The van der Waals surface area contributed by atoms with E-state index in [1.165, 1.54) is 0 Å². The predicted octanol–water partition coefficient (Wildman–Crippen LogP) is -3.79. The van der Waals surface area contributed by atoms with Gasteiger partial charge in [-0.25, -0.2) is 23.4 Å². The van der Waals surface area contributed by atoms with Gasteiger partial charge in [-0.3, -0.25) is 10.2 Å². The number of hydroxylamine groups is 2. The number of fused-ring (bicyclic) bond motifs is 2. The molecule has 0 aromatic rings. The molecule has 2 heterocycles. The normalized spacial score (nSPS) is 22.5. The number of carbonyl (C=O) groups excluding carboxylic acids is 3. The van der Waals surface area contributed by atoms with Crippen LogP contribution in [0.5, 0.6) is 0 Å². The van der Waals surface area contributed by atoms with Gasteiger partial charge in [-0.2, -0.15) is 9.35 Å². The molecule has 2 aliphatic heterocycles. The summed E-state index contributed by atoms with van der Waals surface area (Å²) in [6.07, 6.45) is -0.413. The van der Waals surface area contributed by atoms with Gasteiger partial charge in [0.2, 0.25) is 10.4 Å². The van der Waals surface area contributed by atoms with Crippen LogP contribution in [0.25, 0.3) is 0 Å². The number of amides is 4. The number of piperidine rings is 1. The molecule has 2 atom stereocenters. The Balaban J connectivity index is 0.00000338. The van der Waals surface area contributed by atoms with E-state index >= 15 is 0 Å². The Labute approximate surface area is 172 Å². The molecule has 0 spiro atoms. The fourth-order valence-corrected chi connectivity index (χ4v) is 2.98. The summed E-state index contributed by atoms with van der Waals surface area (Å²) in [5.41, 5.74) is 3.46. The first-order chi connectivity index (χ1) is 11.4. The number of urea groups is 1. The van der Waals surface area contributed by atoms with Crippen LogP contribution in [0.2, 0.25) is 0 Å². The van der Waals surface area contributed by atoms with E-state index < -0.39 is 46.1 Å². The van der Waals surface area contributed by atoms with Crippen molar-refractivity contribution in [2.24, 2.45) is 0 Å².